The molecule has 5 atom stereocenters. The van der Waals surface area contributed by atoms with E-state index >= 15 is 0 Å². The first kappa shape index (κ1) is 25.9. The summed E-state index contributed by atoms with van der Waals surface area (Å²) in [5, 5.41) is 14.5. The average molecular weight is 490 g/mol. The zero-order valence-electron chi connectivity index (χ0n) is 20.0. The molecule has 0 radical (unpaired) electrons. The van der Waals surface area contributed by atoms with Crippen LogP contribution in [0.5, 0.6) is 0 Å². The van der Waals surface area contributed by atoms with Gasteiger partial charge in [0.05, 0.1) is 38.6 Å². The van der Waals surface area contributed by atoms with Crippen molar-refractivity contribution in [2.24, 2.45) is 5.11 Å². The van der Waals surface area contributed by atoms with E-state index in [4.69, 9.17) is 24.5 Å². The van der Waals surface area contributed by atoms with Gasteiger partial charge in [0.15, 0.2) is 6.23 Å². The molecule has 3 aromatic rings. The van der Waals surface area contributed by atoms with E-state index < -0.39 is 30.6 Å². The topological polar surface area (TPSA) is 106 Å². The number of aliphatic hydroxyl groups is 1. The minimum atomic E-state index is -1.08. The highest BCUT2D eigenvalue weighted by atomic mass is 16.6. The van der Waals surface area contributed by atoms with Gasteiger partial charge in [0, 0.05) is 11.3 Å². The van der Waals surface area contributed by atoms with Gasteiger partial charge in [0.2, 0.25) is 0 Å². The molecule has 188 valence electrons. The molecule has 0 aliphatic carbocycles. The molecule has 3 aromatic carbocycles. The largest absolute Gasteiger partial charge is 0.390 e. The normalized spacial score (nSPS) is 24.0. The van der Waals surface area contributed by atoms with Crippen LogP contribution in [0, 0.1) is 0 Å². The molecule has 0 aromatic heterocycles. The van der Waals surface area contributed by atoms with E-state index in [1.54, 1.807) is 0 Å². The SMILES string of the molecule is [N-]=[N+]=N[C@@H]1O[C@H](COCc2ccccc2)[C@@H](OCc2ccccc2)[C@H](OCc2ccccc2)C[C@H]1O. The van der Waals surface area contributed by atoms with Crippen LogP contribution in [0.3, 0.4) is 0 Å². The van der Waals surface area contributed by atoms with Gasteiger partial charge >= 0.3 is 0 Å². The first-order valence-electron chi connectivity index (χ1n) is 12.0. The van der Waals surface area contributed by atoms with E-state index in [9.17, 15) is 5.11 Å². The lowest BCUT2D eigenvalue weighted by Gasteiger charge is -2.31. The maximum atomic E-state index is 10.8. The second kappa shape index (κ2) is 13.8. The van der Waals surface area contributed by atoms with Crippen molar-refractivity contribution in [1.82, 2.24) is 0 Å². The Kier molecular flexibility index (Phi) is 9.87. The van der Waals surface area contributed by atoms with E-state index in [0.29, 0.717) is 19.8 Å². The molecule has 0 spiro atoms. The third kappa shape index (κ3) is 7.63. The second-order valence-electron chi connectivity index (χ2n) is 8.67. The van der Waals surface area contributed by atoms with Crippen molar-refractivity contribution in [3.8, 4) is 0 Å². The summed E-state index contributed by atoms with van der Waals surface area (Å²) in [6.45, 7) is 1.23. The molecule has 36 heavy (non-hydrogen) atoms. The number of hydrogen-bond acceptors (Lipinski definition) is 6. The Balaban J connectivity index is 1.54. The van der Waals surface area contributed by atoms with Crippen LogP contribution in [-0.4, -0.2) is 42.4 Å². The van der Waals surface area contributed by atoms with Gasteiger partial charge in [-0.1, -0.05) is 96.1 Å². The summed E-state index contributed by atoms with van der Waals surface area (Å²) in [4.78, 5) is 2.87. The summed E-state index contributed by atoms with van der Waals surface area (Å²) in [7, 11) is 0. The molecule has 0 unspecified atom stereocenters. The number of aliphatic hydroxyl groups excluding tert-OH is 1. The van der Waals surface area contributed by atoms with Crippen LogP contribution >= 0.6 is 0 Å². The maximum absolute atomic E-state index is 10.8. The number of ether oxygens (including phenoxy) is 4. The maximum Gasteiger partial charge on any atom is 0.162 e. The fourth-order valence-electron chi connectivity index (χ4n) is 4.15. The zero-order valence-corrected chi connectivity index (χ0v) is 20.0. The summed E-state index contributed by atoms with van der Waals surface area (Å²) in [5.41, 5.74) is 12.1. The van der Waals surface area contributed by atoms with Gasteiger partial charge in [-0.25, -0.2) is 0 Å². The van der Waals surface area contributed by atoms with Crippen LogP contribution in [0.1, 0.15) is 23.1 Å². The van der Waals surface area contributed by atoms with Gasteiger partial charge in [-0.15, -0.1) is 0 Å². The summed E-state index contributed by atoms with van der Waals surface area (Å²) < 4.78 is 24.7. The van der Waals surface area contributed by atoms with E-state index in [0.717, 1.165) is 16.7 Å². The number of azide groups is 1. The minimum absolute atomic E-state index is 0.170. The van der Waals surface area contributed by atoms with E-state index in [1.165, 1.54) is 0 Å². The second-order valence-corrected chi connectivity index (χ2v) is 8.67. The summed E-state index contributed by atoms with van der Waals surface area (Å²) in [6.07, 6.45) is -3.67. The van der Waals surface area contributed by atoms with Gasteiger partial charge in [0.1, 0.15) is 12.2 Å². The Hall–Kier alpha value is -3.23. The summed E-state index contributed by atoms with van der Waals surface area (Å²) in [6, 6.07) is 29.4. The Morgan fingerprint density at radius 2 is 1.33 bits per heavy atom. The number of rotatable bonds is 11. The minimum Gasteiger partial charge on any atom is -0.390 e. The lowest BCUT2D eigenvalue weighted by Crippen LogP contribution is -2.44. The standard InChI is InChI=1S/C28H31N3O5/c29-31-30-28-24(32)16-25(34-18-22-12-6-2-7-13-22)27(35-19-23-14-8-3-9-15-23)26(36-28)20-33-17-21-10-4-1-5-11-21/h1-15,24-28,32H,16-20H2/t24-,25-,26-,27+,28-/m1/s1. The molecule has 1 N–H and O–H groups in total. The van der Waals surface area contributed by atoms with Crippen molar-refractivity contribution in [2.75, 3.05) is 6.61 Å². The molecule has 0 bridgehead atoms. The fraction of sp³-hybridized carbons (Fsp3) is 0.357. The Morgan fingerprint density at radius 1 is 0.806 bits per heavy atom. The molecule has 0 saturated carbocycles. The predicted octanol–water partition coefficient (Wildman–Crippen LogP) is 5.16. The molecule has 1 aliphatic rings. The molecule has 1 heterocycles. The highest BCUT2D eigenvalue weighted by Gasteiger charge is 2.41. The zero-order chi connectivity index (χ0) is 25.0. The molecule has 1 saturated heterocycles. The lowest BCUT2D eigenvalue weighted by atomic mass is 10.0. The van der Waals surface area contributed by atoms with Crippen molar-refractivity contribution in [1.29, 1.82) is 0 Å². The Bertz CT molecular complexity index is 1080. The molecule has 8 nitrogen and oxygen atoms in total. The summed E-state index contributed by atoms with van der Waals surface area (Å²) in [5.74, 6) is 0. The van der Waals surface area contributed by atoms with Gasteiger partial charge in [-0.3, -0.25) is 0 Å². The quantitative estimate of drug-likeness (QED) is 0.227. The van der Waals surface area contributed by atoms with Crippen LogP contribution in [0.4, 0.5) is 0 Å². The highest BCUT2D eigenvalue weighted by molar-refractivity contribution is 5.15. The third-order valence-electron chi connectivity index (χ3n) is 6.00. The van der Waals surface area contributed by atoms with E-state index in [1.807, 2.05) is 91.0 Å². The molecule has 8 heteroatoms. The molecular weight excluding hydrogens is 458 g/mol. The first-order valence-corrected chi connectivity index (χ1v) is 12.0. The fourth-order valence-corrected chi connectivity index (χ4v) is 4.15. The van der Waals surface area contributed by atoms with Crippen molar-refractivity contribution in [2.45, 2.75) is 56.9 Å². The molecule has 1 aliphatic heterocycles. The van der Waals surface area contributed by atoms with Crippen molar-refractivity contribution in [3.05, 3.63) is 118 Å². The van der Waals surface area contributed by atoms with Gasteiger partial charge in [-0.2, -0.15) is 0 Å². The Labute approximate surface area is 211 Å². The van der Waals surface area contributed by atoms with Crippen LogP contribution in [0.25, 0.3) is 10.4 Å². The Morgan fingerprint density at radius 3 is 1.89 bits per heavy atom. The first-order chi connectivity index (χ1) is 17.7. The number of hydrogen-bond donors (Lipinski definition) is 1. The van der Waals surface area contributed by atoms with E-state index in [-0.39, 0.29) is 13.0 Å². The highest BCUT2D eigenvalue weighted by Crippen LogP contribution is 2.28. The van der Waals surface area contributed by atoms with Crippen LogP contribution in [0.2, 0.25) is 0 Å². The molecule has 0 amide bonds. The number of nitrogens with zero attached hydrogens (tertiary/aromatic N) is 3. The van der Waals surface area contributed by atoms with Crippen LogP contribution in [-0.2, 0) is 38.8 Å². The van der Waals surface area contributed by atoms with Gasteiger partial charge < -0.3 is 24.1 Å². The number of benzene rings is 3. The van der Waals surface area contributed by atoms with Crippen molar-refractivity contribution in [3.63, 3.8) is 0 Å². The van der Waals surface area contributed by atoms with Crippen LogP contribution < -0.4 is 0 Å². The molecular formula is C28H31N3O5. The van der Waals surface area contributed by atoms with Gasteiger partial charge in [0.25, 0.3) is 0 Å². The molecule has 1 fully saturated rings. The van der Waals surface area contributed by atoms with Crippen LogP contribution in [0.15, 0.2) is 96.1 Å². The monoisotopic (exact) mass is 489 g/mol. The van der Waals surface area contributed by atoms with E-state index in [2.05, 4.69) is 10.0 Å². The summed E-state index contributed by atoms with van der Waals surface area (Å²) >= 11 is 0. The van der Waals surface area contributed by atoms with Crippen molar-refractivity contribution >= 4 is 0 Å². The molecule has 4 rings (SSSR count). The lowest BCUT2D eigenvalue weighted by molar-refractivity contribution is -0.164. The smallest absolute Gasteiger partial charge is 0.162 e. The predicted molar refractivity (Wildman–Crippen MR) is 135 cm³/mol. The third-order valence-corrected chi connectivity index (χ3v) is 6.00. The van der Waals surface area contributed by atoms with Gasteiger partial charge in [-0.05, 0) is 22.2 Å². The average Bonchev–Trinajstić information content (AvgIpc) is 3.04. The van der Waals surface area contributed by atoms with Crippen molar-refractivity contribution < 1.29 is 24.1 Å².